The molecule has 0 N–H and O–H groups in total. The number of hydrogen-bond acceptors (Lipinski definition) is 1. The fraction of sp³-hybridized carbons (Fsp3) is 0.364. The summed E-state index contributed by atoms with van der Waals surface area (Å²) in [5.74, 6) is -1.06. The molecule has 1 aromatic rings. The standard InChI is InChI=1S/C11H10F2O/c12-9-4-2-1-3-7(9)5-11(14)8-6-10(8)13/h1-4,8,10H,5-6H2. The van der Waals surface area contributed by atoms with E-state index in [1.807, 2.05) is 0 Å². The molecule has 14 heavy (non-hydrogen) atoms. The van der Waals surface area contributed by atoms with Crippen molar-refractivity contribution in [3.05, 3.63) is 35.6 Å². The van der Waals surface area contributed by atoms with Gasteiger partial charge in [-0.15, -0.1) is 0 Å². The molecule has 74 valence electrons. The maximum absolute atomic E-state index is 13.1. The first-order chi connectivity index (χ1) is 6.68. The van der Waals surface area contributed by atoms with Crippen LogP contribution in [0.1, 0.15) is 12.0 Å². The van der Waals surface area contributed by atoms with E-state index in [1.54, 1.807) is 18.2 Å². The molecular formula is C11H10F2O. The minimum absolute atomic E-state index is 0.0117. The van der Waals surface area contributed by atoms with Crippen LogP contribution in [0.25, 0.3) is 0 Å². The van der Waals surface area contributed by atoms with Gasteiger partial charge < -0.3 is 0 Å². The number of Topliss-reactive ketones (excluding diaryl/α,β-unsaturated/α-hetero) is 1. The van der Waals surface area contributed by atoms with Gasteiger partial charge in [-0.25, -0.2) is 8.78 Å². The van der Waals surface area contributed by atoms with E-state index in [4.69, 9.17) is 0 Å². The molecule has 1 saturated carbocycles. The molecule has 0 bridgehead atoms. The van der Waals surface area contributed by atoms with Gasteiger partial charge in [-0.2, -0.15) is 0 Å². The van der Waals surface area contributed by atoms with Gasteiger partial charge in [0.05, 0.1) is 5.92 Å². The fourth-order valence-corrected chi connectivity index (χ4v) is 1.46. The molecule has 1 fully saturated rings. The third-order valence-corrected chi connectivity index (χ3v) is 2.45. The summed E-state index contributed by atoms with van der Waals surface area (Å²) in [6, 6.07) is 6.11. The SMILES string of the molecule is O=C(Cc1ccccc1F)C1CC1F. The summed E-state index contributed by atoms with van der Waals surface area (Å²) in [5, 5.41) is 0. The predicted molar refractivity (Wildman–Crippen MR) is 48.1 cm³/mol. The van der Waals surface area contributed by atoms with Gasteiger partial charge in [0.25, 0.3) is 0 Å². The number of rotatable bonds is 3. The Labute approximate surface area is 80.7 Å². The Hall–Kier alpha value is -1.25. The first-order valence-electron chi connectivity index (χ1n) is 4.58. The lowest BCUT2D eigenvalue weighted by molar-refractivity contribution is -0.120. The number of carbonyl (C=O) groups is 1. The molecule has 0 spiro atoms. The summed E-state index contributed by atoms with van der Waals surface area (Å²) in [4.78, 5) is 11.3. The van der Waals surface area contributed by atoms with Crippen LogP contribution in [0.3, 0.4) is 0 Å². The second kappa shape index (κ2) is 3.48. The Kier molecular flexibility index (Phi) is 2.32. The van der Waals surface area contributed by atoms with E-state index in [0.717, 1.165) is 0 Å². The van der Waals surface area contributed by atoms with Crippen LogP contribution in [0.15, 0.2) is 24.3 Å². The molecule has 0 heterocycles. The molecule has 0 saturated heterocycles. The lowest BCUT2D eigenvalue weighted by Gasteiger charge is -2.00. The molecule has 1 nitrogen and oxygen atoms in total. The summed E-state index contributed by atoms with van der Waals surface area (Å²) in [6.07, 6.45) is -0.667. The summed E-state index contributed by atoms with van der Waals surface area (Å²) in [5.41, 5.74) is 0.358. The number of ketones is 1. The van der Waals surface area contributed by atoms with Crippen LogP contribution in [0, 0.1) is 11.7 Å². The Morgan fingerprint density at radius 3 is 2.64 bits per heavy atom. The largest absolute Gasteiger partial charge is 0.299 e. The van der Waals surface area contributed by atoms with Crippen molar-refractivity contribution in [1.29, 1.82) is 0 Å². The molecule has 0 amide bonds. The van der Waals surface area contributed by atoms with E-state index in [0.29, 0.717) is 12.0 Å². The third kappa shape index (κ3) is 1.81. The molecule has 1 aliphatic rings. The average molecular weight is 196 g/mol. The molecule has 2 unspecified atom stereocenters. The lowest BCUT2D eigenvalue weighted by atomic mass is 10.1. The van der Waals surface area contributed by atoms with Crippen LogP contribution < -0.4 is 0 Å². The van der Waals surface area contributed by atoms with Crippen molar-refractivity contribution < 1.29 is 13.6 Å². The highest BCUT2D eigenvalue weighted by molar-refractivity contribution is 5.86. The van der Waals surface area contributed by atoms with Crippen LogP contribution in [0.2, 0.25) is 0 Å². The molecule has 0 aromatic heterocycles. The van der Waals surface area contributed by atoms with Gasteiger partial charge in [-0.05, 0) is 18.1 Å². The zero-order valence-corrected chi connectivity index (χ0v) is 7.54. The first-order valence-corrected chi connectivity index (χ1v) is 4.58. The van der Waals surface area contributed by atoms with E-state index >= 15 is 0 Å². The Morgan fingerprint density at radius 1 is 1.43 bits per heavy atom. The van der Waals surface area contributed by atoms with Gasteiger partial charge >= 0.3 is 0 Å². The number of alkyl halides is 1. The molecule has 2 rings (SSSR count). The monoisotopic (exact) mass is 196 g/mol. The van der Waals surface area contributed by atoms with Gasteiger partial charge in [-0.1, -0.05) is 18.2 Å². The van der Waals surface area contributed by atoms with E-state index < -0.39 is 17.9 Å². The number of halogens is 2. The summed E-state index contributed by atoms with van der Waals surface area (Å²) >= 11 is 0. The number of carbonyl (C=O) groups excluding carboxylic acids is 1. The normalized spacial score (nSPS) is 24.7. The zero-order valence-electron chi connectivity index (χ0n) is 7.54. The number of hydrogen-bond donors (Lipinski definition) is 0. The minimum Gasteiger partial charge on any atom is -0.299 e. The van der Waals surface area contributed by atoms with E-state index in [2.05, 4.69) is 0 Å². The van der Waals surface area contributed by atoms with E-state index in [1.165, 1.54) is 6.07 Å². The molecule has 0 aliphatic heterocycles. The smallest absolute Gasteiger partial charge is 0.143 e. The van der Waals surface area contributed by atoms with Crippen molar-refractivity contribution in [2.75, 3.05) is 0 Å². The summed E-state index contributed by atoms with van der Waals surface area (Å²) < 4.78 is 25.6. The molecule has 1 aliphatic carbocycles. The minimum atomic E-state index is -0.991. The topological polar surface area (TPSA) is 17.1 Å². The predicted octanol–water partition coefficient (Wildman–Crippen LogP) is 2.30. The van der Waals surface area contributed by atoms with Gasteiger partial charge in [0.1, 0.15) is 17.8 Å². The van der Waals surface area contributed by atoms with Crippen LogP contribution in [0.4, 0.5) is 8.78 Å². The van der Waals surface area contributed by atoms with Crippen LogP contribution in [-0.2, 0) is 11.2 Å². The van der Waals surface area contributed by atoms with Crippen molar-refractivity contribution >= 4 is 5.78 Å². The zero-order chi connectivity index (χ0) is 10.1. The first kappa shape index (κ1) is 9.31. The van der Waals surface area contributed by atoms with Gasteiger partial charge in [0.15, 0.2) is 0 Å². The molecule has 3 heteroatoms. The summed E-state index contributed by atoms with van der Waals surface area (Å²) in [6.45, 7) is 0. The van der Waals surface area contributed by atoms with E-state index in [9.17, 15) is 13.6 Å². The van der Waals surface area contributed by atoms with Crippen LogP contribution in [0.5, 0.6) is 0 Å². The van der Waals surface area contributed by atoms with Crippen molar-refractivity contribution in [2.45, 2.75) is 19.0 Å². The lowest BCUT2D eigenvalue weighted by Crippen LogP contribution is -2.08. The molecule has 1 aromatic carbocycles. The Morgan fingerprint density at radius 2 is 2.07 bits per heavy atom. The number of benzene rings is 1. The van der Waals surface area contributed by atoms with Crippen molar-refractivity contribution in [3.8, 4) is 0 Å². The molecule has 2 atom stereocenters. The van der Waals surface area contributed by atoms with E-state index in [-0.39, 0.29) is 12.2 Å². The third-order valence-electron chi connectivity index (χ3n) is 2.45. The van der Waals surface area contributed by atoms with Crippen LogP contribution >= 0.6 is 0 Å². The fourth-order valence-electron chi connectivity index (χ4n) is 1.46. The highest BCUT2D eigenvalue weighted by atomic mass is 19.1. The van der Waals surface area contributed by atoms with Gasteiger partial charge in [0, 0.05) is 6.42 Å². The summed E-state index contributed by atoms with van der Waals surface area (Å²) in [7, 11) is 0. The highest BCUT2D eigenvalue weighted by Crippen LogP contribution is 2.35. The Bertz CT molecular complexity index is 362. The van der Waals surface area contributed by atoms with Crippen LogP contribution in [-0.4, -0.2) is 12.0 Å². The van der Waals surface area contributed by atoms with Crippen molar-refractivity contribution in [1.82, 2.24) is 0 Å². The maximum Gasteiger partial charge on any atom is 0.143 e. The van der Waals surface area contributed by atoms with Crippen molar-refractivity contribution in [2.24, 2.45) is 5.92 Å². The maximum atomic E-state index is 13.1. The molecule has 0 radical (unpaired) electrons. The van der Waals surface area contributed by atoms with Crippen molar-refractivity contribution in [3.63, 3.8) is 0 Å². The second-order valence-corrected chi connectivity index (χ2v) is 3.59. The average Bonchev–Trinajstić information content (AvgIpc) is 2.87. The highest BCUT2D eigenvalue weighted by Gasteiger charge is 2.43. The molecular weight excluding hydrogens is 186 g/mol. The quantitative estimate of drug-likeness (QED) is 0.724. The van der Waals surface area contributed by atoms with Gasteiger partial charge in [0.2, 0.25) is 0 Å². The Balaban J connectivity index is 2.04. The second-order valence-electron chi connectivity index (χ2n) is 3.59. The van der Waals surface area contributed by atoms with Gasteiger partial charge in [-0.3, -0.25) is 4.79 Å².